The van der Waals surface area contributed by atoms with Crippen molar-refractivity contribution in [1.82, 2.24) is 0 Å². The van der Waals surface area contributed by atoms with E-state index in [0.717, 1.165) is 23.1 Å². The molecule has 0 aliphatic carbocycles. The van der Waals surface area contributed by atoms with Crippen molar-refractivity contribution in [2.45, 2.75) is 44.1 Å². The van der Waals surface area contributed by atoms with Crippen LogP contribution in [0.25, 0.3) is 0 Å². The molecule has 2 bridgehead atoms. The lowest BCUT2D eigenvalue weighted by molar-refractivity contribution is -0.170. The van der Waals surface area contributed by atoms with E-state index >= 15 is 0 Å². The number of imide groups is 1. The third kappa shape index (κ3) is 2.05. The van der Waals surface area contributed by atoms with Crippen LogP contribution in [0.5, 0.6) is 0 Å². The van der Waals surface area contributed by atoms with Crippen molar-refractivity contribution in [2.24, 2.45) is 11.8 Å². The van der Waals surface area contributed by atoms with Crippen molar-refractivity contribution >= 4 is 23.3 Å². The number of carbonyl (C=O) groups is 3. The minimum Gasteiger partial charge on any atom is -0.360 e. The zero-order chi connectivity index (χ0) is 19.1. The highest BCUT2D eigenvalue weighted by molar-refractivity contribution is 6.24. The second kappa shape index (κ2) is 4.94. The van der Waals surface area contributed by atoms with Crippen LogP contribution in [0.2, 0.25) is 0 Å². The summed E-state index contributed by atoms with van der Waals surface area (Å²) in [5.41, 5.74) is -3.48. The Morgan fingerprint density at radius 3 is 2.42 bits per heavy atom. The summed E-state index contributed by atoms with van der Waals surface area (Å²) in [6.07, 6.45) is -4.08. The number of ketones is 1. The van der Waals surface area contributed by atoms with Crippen molar-refractivity contribution in [2.75, 3.05) is 4.90 Å². The number of alkyl halides is 3. The Morgan fingerprint density at radius 1 is 1.12 bits per heavy atom. The molecule has 0 saturated carbocycles. The fourth-order valence-corrected chi connectivity index (χ4v) is 4.57. The van der Waals surface area contributed by atoms with E-state index in [1.165, 1.54) is 13.0 Å². The predicted molar refractivity (Wildman–Crippen MR) is 83.1 cm³/mol. The second-order valence-corrected chi connectivity index (χ2v) is 7.46. The summed E-state index contributed by atoms with van der Waals surface area (Å²) in [6, 6.07) is 4.09. The lowest BCUT2D eigenvalue weighted by Gasteiger charge is -2.37. The smallest absolute Gasteiger partial charge is 0.360 e. The molecule has 0 radical (unpaired) electrons. The molecule has 2 unspecified atom stereocenters. The van der Waals surface area contributed by atoms with Crippen LogP contribution in [0.4, 0.5) is 18.9 Å². The van der Waals surface area contributed by atoms with Crippen molar-refractivity contribution in [3.63, 3.8) is 0 Å². The average Bonchev–Trinajstić information content (AvgIpc) is 2.94. The van der Waals surface area contributed by atoms with Gasteiger partial charge in [0.05, 0.1) is 28.7 Å². The third-order valence-corrected chi connectivity index (χ3v) is 5.84. The Hall–Kier alpha value is -2.22. The van der Waals surface area contributed by atoms with Crippen LogP contribution < -0.4 is 4.90 Å². The van der Waals surface area contributed by atoms with Crippen LogP contribution in [0.1, 0.15) is 32.3 Å². The third-order valence-electron chi connectivity index (χ3n) is 5.84. The summed E-state index contributed by atoms with van der Waals surface area (Å²) in [5.74, 6) is -3.43. The molecule has 0 N–H and O–H groups in total. The van der Waals surface area contributed by atoms with Gasteiger partial charge in [-0.25, -0.2) is 4.90 Å². The van der Waals surface area contributed by atoms with Gasteiger partial charge in [0.15, 0.2) is 5.78 Å². The number of rotatable bonds is 1. The molecule has 26 heavy (non-hydrogen) atoms. The summed E-state index contributed by atoms with van der Waals surface area (Å²) in [6.45, 7) is 3.18. The van der Waals surface area contributed by atoms with Crippen molar-refractivity contribution < 1.29 is 32.3 Å². The summed E-state index contributed by atoms with van der Waals surface area (Å²) >= 11 is 0. The van der Waals surface area contributed by atoms with Gasteiger partial charge in [0.2, 0.25) is 11.8 Å². The number of fused-ring (bicyclic) bond motifs is 5. The zero-order valence-corrected chi connectivity index (χ0v) is 14.1. The molecule has 4 atom stereocenters. The van der Waals surface area contributed by atoms with Gasteiger partial charge in [0.25, 0.3) is 0 Å². The molecule has 3 saturated heterocycles. The number of amides is 2. The number of Topliss-reactive ketones (excluding diaryl/α,β-unsaturated/α-hetero) is 1. The minimum absolute atomic E-state index is 0.137. The molecule has 2 amide bonds. The topological polar surface area (TPSA) is 63.7 Å². The van der Waals surface area contributed by atoms with Gasteiger partial charge in [-0.2, -0.15) is 13.2 Å². The first-order valence-electron chi connectivity index (χ1n) is 8.27. The molecule has 0 spiro atoms. The molecule has 5 nitrogen and oxygen atoms in total. The van der Waals surface area contributed by atoms with Crippen molar-refractivity contribution in [3.05, 3.63) is 29.8 Å². The van der Waals surface area contributed by atoms with E-state index in [9.17, 15) is 27.6 Å². The van der Waals surface area contributed by atoms with E-state index in [2.05, 4.69) is 0 Å². The second-order valence-electron chi connectivity index (χ2n) is 7.46. The number of ether oxygens (including phenoxy) is 1. The first-order valence-corrected chi connectivity index (χ1v) is 8.27. The molecule has 138 valence electrons. The summed E-state index contributed by atoms with van der Waals surface area (Å²) in [4.78, 5) is 39.1. The number of halogens is 3. The molecule has 8 heteroatoms. The highest BCUT2D eigenvalue weighted by Gasteiger charge is 2.73. The lowest BCUT2D eigenvalue weighted by Crippen LogP contribution is -2.51. The van der Waals surface area contributed by atoms with Crippen LogP contribution in [0.3, 0.4) is 0 Å². The highest BCUT2D eigenvalue weighted by Crippen LogP contribution is 2.57. The van der Waals surface area contributed by atoms with E-state index in [1.54, 1.807) is 6.92 Å². The van der Waals surface area contributed by atoms with Crippen molar-refractivity contribution in [1.29, 1.82) is 0 Å². The minimum atomic E-state index is -4.59. The van der Waals surface area contributed by atoms with Crippen molar-refractivity contribution in [3.8, 4) is 0 Å². The molecule has 3 aliphatic heterocycles. The van der Waals surface area contributed by atoms with E-state index in [1.807, 2.05) is 0 Å². The number of carbonyl (C=O) groups excluding carboxylic acids is 3. The van der Waals surface area contributed by atoms with E-state index in [0.29, 0.717) is 6.42 Å². The standard InChI is InChI=1S/C18H16F3NO4/c1-16-7-6-11(23)17(2,26-16)13-12(16)14(24)22(15(13)25)10-5-3-4-9(8-10)18(19,20)21/h3-5,8,12-13H,6-7H2,1-2H3/t12-,13+,16?,17?/m0/s1. The van der Waals surface area contributed by atoms with E-state index in [-0.39, 0.29) is 17.9 Å². The van der Waals surface area contributed by atoms with E-state index < -0.39 is 46.6 Å². The summed E-state index contributed by atoms with van der Waals surface area (Å²) in [5, 5.41) is 0. The molecule has 3 heterocycles. The van der Waals surface area contributed by atoms with Crippen LogP contribution >= 0.6 is 0 Å². The predicted octanol–water partition coefficient (Wildman–Crippen LogP) is 2.72. The van der Waals surface area contributed by atoms with E-state index in [4.69, 9.17) is 4.74 Å². The maximum atomic E-state index is 13.0. The quantitative estimate of drug-likeness (QED) is 0.716. The average molecular weight is 367 g/mol. The van der Waals surface area contributed by atoms with Gasteiger partial charge < -0.3 is 4.74 Å². The van der Waals surface area contributed by atoms with Gasteiger partial charge in [-0.05, 0) is 38.5 Å². The van der Waals surface area contributed by atoms with Crippen LogP contribution in [-0.4, -0.2) is 28.8 Å². The Bertz CT molecular complexity index is 851. The molecule has 1 aromatic carbocycles. The molecular formula is C18H16F3NO4. The molecule has 0 aromatic heterocycles. The van der Waals surface area contributed by atoms with Crippen LogP contribution in [0.15, 0.2) is 24.3 Å². The molecule has 1 aromatic rings. The van der Waals surface area contributed by atoms with Gasteiger partial charge in [0, 0.05) is 6.42 Å². The van der Waals surface area contributed by atoms with Gasteiger partial charge >= 0.3 is 6.18 Å². The number of hydrogen-bond donors (Lipinski definition) is 0. The van der Waals surface area contributed by atoms with Gasteiger partial charge in [0.1, 0.15) is 5.60 Å². The first kappa shape index (κ1) is 17.2. The molecular weight excluding hydrogens is 351 g/mol. The number of nitrogens with zero attached hydrogens (tertiary/aromatic N) is 1. The highest BCUT2D eigenvalue weighted by atomic mass is 19.4. The zero-order valence-electron chi connectivity index (χ0n) is 14.1. The maximum Gasteiger partial charge on any atom is 0.416 e. The molecule has 3 fully saturated rings. The maximum absolute atomic E-state index is 13.0. The number of hydrogen-bond acceptors (Lipinski definition) is 4. The largest absolute Gasteiger partial charge is 0.416 e. The Kier molecular flexibility index (Phi) is 3.27. The SMILES string of the molecule is CC12CCC(=O)C(C)(O1)[C@H]1C(=O)N(c3cccc(C(F)(F)F)c3)C(=O)[C@H]12. The lowest BCUT2D eigenvalue weighted by atomic mass is 9.79. The Labute approximate surface area is 147 Å². The molecule has 3 aliphatic rings. The Morgan fingerprint density at radius 2 is 1.77 bits per heavy atom. The molecule has 4 rings (SSSR count). The fourth-order valence-electron chi connectivity index (χ4n) is 4.57. The Balaban J connectivity index is 1.80. The first-order chi connectivity index (χ1) is 12.0. The van der Waals surface area contributed by atoms with Gasteiger partial charge in [-0.15, -0.1) is 0 Å². The van der Waals surface area contributed by atoms with Gasteiger partial charge in [-0.3, -0.25) is 14.4 Å². The van der Waals surface area contributed by atoms with Crippen LogP contribution in [-0.2, 0) is 25.3 Å². The summed E-state index contributed by atoms with van der Waals surface area (Å²) < 4.78 is 44.8. The van der Waals surface area contributed by atoms with Crippen LogP contribution in [0, 0.1) is 11.8 Å². The number of benzene rings is 1. The fraction of sp³-hybridized carbons (Fsp3) is 0.500. The monoisotopic (exact) mass is 367 g/mol. The summed E-state index contributed by atoms with van der Waals surface area (Å²) in [7, 11) is 0. The normalized spacial score (nSPS) is 36.7. The van der Waals surface area contributed by atoms with Gasteiger partial charge in [-0.1, -0.05) is 6.07 Å². The number of anilines is 1.